The molecule has 1 atom stereocenters. The fraction of sp³-hybridized carbons (Fsp3) is 0.412. The van der Waals surface area contributed by atoms with Crippen molar-refractivity contribution in [2.45, 2.75) is 26.4 Å². The standard InChI is InChI=1S/C17H24N2O2/c1-12-9-14(6-8-17(12)20-4)16(10-18)19(3)11-15-7-5-13(2)21-15/h5-9,16H,10-11,18H2,1-4H3. The van der Waals surface area contributed by atoms with Crippen LogP contribution in [0.25, 0.3) is 0 Å². The number of aryl methyl sites for hydroxylation is 2. The van der Waals surface area contributed by atoms with E-state index in [0.717, 1.165) is 29.4 Å². The molecule has 0 aliphatic carbocycles. The summed E-state index contributed by atoms with van der Waals surface area (Å²) in [6.45, 7) is 5.30. The van der Waals surface area contributed by atoms with Crippen molar-refractivity contribution in [3.8, 4) is 5.75 Å². The van der Waals surface area contributed by atoms with Gasteiger partial charge in [-0.1, -0.05) is 12.1 Å². The van der Waals surface area contributed by atoms with Crippen molar-refractivity contribution in [2.75, 3.05) is 20.7 Å². The van der Waals surface area contributed by atoms with Crippen molar-refractivity contribution in [1.82, 2.24) is 4.90 Å². The highest BCUT2D eigenvalue weighted by atomic mass is 16.5. The number of nitrogens with two attached hydrogens (primary N) is 1. The summed E-state index contributed by atoms with van der Waals surface area (Å²) in [5, 5.41) is 0. The van der Waals surface area contributed by atoms with Gasteiger partial charge in [-0.15, -0.1) is 0 Å². The van der Waals surface area contributed by atoms with Gasteiger partial charge in [-0.05, 0) is 50.2 Å². The number of benzene rings is 1. The van der Waals surface area contributed by atoms with Gasteiger partial charge in [0, 0.05) is 12.6 Å². The van der Waals surface area contributed by atoms with Crippen LogP contribution >= 0.6 is 0 Å². The van der Waals surface area contributed by atoms with Crippen LogP contribution in [0.15, 0.2) is 34.7 Å². The largest absolute Gasteiger partial charge is 0.496 e. The van der Waals surface area contributed by atoms with Gasteiger partial charge >= 0.3 is 0 Å². The number of hydrogen-bond donors (Lipinski definition) is 1. The third-order valence-electron chi connectivity index (χ3n) is 3.76. The summed E-state index contributed by atoms with van der Waals surface area (Å²) < 4.78 is 11.0. The van der Waals surface area contributed by atoms with E-state index in [0.29, 0.717) is 6.54 Å². The highest BCUT2D eigenvalue weighted by Gasteiger charge is 2.17. The van der Waals surface area contributed by atoms with Crippen molar-refractivity contribution in [2.24, 2.45) is 5.73 Å². The molecular formula is C17H24N2O2. The van der Waals surface area contributed by atoms with Gasteiger partial charge in [-0.2, -0.15) is 0 Å². The van der Waals surface area contributed by atoms with Gasteiger partial charge in [0.25, 0.3) is 0 Å². The van der Waals surface area contributed by atoms with Crippen LogP contribution in [0.1, 0.15) is 28.7 Å². The summed E-state index contributed by atoms with van der Waals surface area (Å²) in [6, 6.07) is 10.4. The smallest absolute Gasteiger partial charge is 0.121 e. The molecule has 0 spiro atoms. The number of likely N-dealkylation sites (N-methyl/N-ethyl adjacent to an activating group) is 1. The molecule has 0 bridgehead atoms. The van der Waals surface area contributed by atoms with Crippen molar-refractivity contribution >= 4 is 0 Å². The molecule has 1 unspecified atom stereocenters. The fourth-order valence-electron chi connectivity index (χ4n) is 2.61. The van der Waals surface area contributed by atoms with Gasteiger partial charge in [0.15, 0.2) is 0 Å². The Bertz CT molecular complexity index is 592. The van der Waals surface area contributed by atoms with Crippen LogP contribution in [0.4, 0.5) is 0 Å². The van der Waals surface area contributed by atoms with Gasteiger partial charge in [0.2, 0.25) is 0 Å². The number of rotatable bonds is 6. The molecule has 4 heteroatoms. The van der Waals surface area contributed by atoms with E-state index in [9.17, 15) is 0 Å². The van der Waals surface area contributed by atoms with Gasteiger partial charge in [-0.3, -0.25) is 4.90 Å². The predicted molar refractivity (Wildman–Crippen MR) is 84.4 cm³/mol. The Balaban J connectivity index is 2.16. The molecule has 4 nitrogen and oxygen atoms in total. The number of methoxy groups -OCH3 is 1. The first kappa shape index (κ1) is 15.6. The molecule has 2 rings (SSSR count). The van der Waals surface area contributed by atoms with Crippen LogP contribution in [-0.2, 0) is 6.54 Å². The van der Waals surface area contributed by atoms with E-state index >= 15 is 0 Å². The second-order valence-corrected chi connectivity index (χ2v) is 5.41. The normalized spacial score (nSPS) is 12.7. The van der Waals surface area contributed by atoms with E-state index < -0.39 is 0 Å². The lowest BCUT2D eigenvalue weighted by Crippen LogP contribution is -2.30. The molecule has 21 heavy (non-hydrogen) atoms. The zero-order chi connectivity index (χ0) is 15.4. The van der Waals surface area contributed by atoms with E-state index in [-0.39, 0.29) is 6.04 Å². The van der Waals surface area contributed by atoms with Crippen LogP contribution < -0.4 is 10.5 Å². The van der Waals surface area contributed by atoms with Gasteiger partial charge < -0.3 is 14.9 Å². The fourth-order valence-corrected chi connectivity index (χ4v) is 2.61. The topological polar surface area (TPSA) is 51.6 Å². The van der Waals surface area contributed by atoms with Gasteiger partial charge in [-0.25, -0.2) is 0 Å². The van der Waals surface area contributed by atoms with Crippen molar-refractivity contribution in [3.05, 3.63) is 53.0 Å². The minimum Gasteiger partial charge on any atom is -0.496 e. The Morgan fingerprint density at radius 2 is 2.00 bits per heavy atom. The van der Waals surface area contributed by atoms with Crippen LogP contribution in [0, 0.1) is 13.8 Å². The molecule has 0 aliphatic rings. The lowest BCUT2D eigenvalue weighted by molar-refractivity contribution is 0.221. The van der Waals surface area contributed by atoms with Crippen LogP contribution in [0.3, 0.4) is 0 Å². The maximum absolute atomic E-state index is 5.98. The Morgan fingerprint density at radius 1 is 1.24 bits per heavy atom. The quantitative estimate of drug-likeness (QED) is 0.887. The average molecular weight is 288 g/mol. The van der Waals surface area contributed by atoms with E-state index in [2.05, 4.69) is 24.1 Å². The van der Waals surface area contributed by atoms with E-state index in [4.69, 9.17) is 14.9 Å². The number of nitrogens with zero attached hydrogens (tertiary/aromatic N) is 1. The minimum atomic E-state index is 0.153. The maximum Gasteiger partial charge on any atom is 0.121 e. The molecule has 0 saturated carbocycles. The predicted octanol–water partition coefficient (Wildman–Crippen LogP) is 3.04. The summed E-state index contributed by atoms with van der Waals surface area (Å²) in [7, 11) is 3.75. The SMILES string of the molecule is COc1ccc(C(CN)N(C)Cc2ccc(C)o2)cc1C. The first-order valence-corrected chi connectivity index (χ1v) is 7.15. The van der Waals surface area contributed by atoms with Crippen molar-refractivity contribution < 1.29 is 9.15 Å². The van der Waals surface area contributed by atoms with Gasteiger partial charge in [0.05, 0.1) is 13.7 Å². The molecule has 1 aromatic carbocycles. The Morgan fingerprint density at radius 3 is 2.52 bits per heavy atom. The highest BCUT2D eigenvalue weighted by molar-refractivity contribution is 5.37. The monoisotopic (exact) mass is 288 g/mol. The van der Waals surface area contributed by atoms with Crippen LogP contribution in [-0.4, -0.2) is 25.6 Å². The Kier molecular flexibility index (Phi) is 5.04. The number of furan rings is 1. The molecular weight excluding hydrogens is 264 g/mol. The molecule has 1 heterocycles. The molecule has 2 aromatic rings. The van der Waals surface area contributed by atoms with Gasteiger partial charge in [0.1, 0.15) is 17.3 Å². The van der Waals surface area contributed by atoms with Crippen LogP contribution in [0.5, 0.6) is 5.75 Å². The first-order valence-electron chi connectivity index (χ1n) is 7.15. The lowest BCUT2D eigenvalue weighted by Gasteiger charge is -2.27. The molecule has 0 amide bonds. The minimum absolute atomic E-state index is 0.153. The van der Waals surface area contributed by atoms with E-state index in [1.807, 2.05) is 32.0 Å². The molecule has 0 radical (unpaired) electrons. The summed E-state index contributed by atoms with van der Waals surface area (Å²) in [4.78, 5) is 2.21. The van der Waals surface area contributed by atoms with Crippen molar-refractivity contribution in [1.29, 1.82) is 0 Å². The number of hydrogen-bond acceptors (Lipinski definition) is 4. The second-order valence-electron chi connectivity index (χ2n) is 5.41. The first-order chi connectivity index (χ1) is 10.0. The Labute approximate surface area is 126 Å². The van der Waals surface area contributed by atoms with Crippen LogP contribution in [0.2, 0.25) is 0 Å². The zero-order valence-electron chi connectivity index (χ0n) is 13.2. The zero-order valence-corrected chi connectivity index (χ0v) is 13.2. The van der Waals surface area contributed by atoms with E-state index in [1.165, 1.54) is 5.56 Å². The third-order valence-corrected chi connectivity index (χ3v) is 3.76. The summed E-state index contributed by atoms with van der Waals surface area (Å²) in [6.07, 6.45) is 0. The third kappa shape index (κ3) is 3.65. The summed E-state index contributed by atoms with van der Waals surface area (Å²) in [5.41, 5.74) is 8.30. The van der Waals surface area contributed by atoms with Crippen molar-refractivity contribution in [3.63, 3.8) is 0 Å². The molecule has 0 fully saturated rings. The summed E-state index contributed by atoms with van der Waals surface area (Å²) >= 11 is 0. The maximum atomic E-state index is 5.98. The average Bonchev–Trinajstić information content (AvgIpc) is 2.85. The molecule has 0 saturated heterocycles. The molecule has 0 aliphatic heterocycles. The molecule has 2 N–H and O–H groups in total. The van der Waals surface area contributed by atoms with E-state index in [1.54, 1.807) is 7.11 Å². The highest BCUT2D eigenvalue weighted by Crippen LogP contribution is 2.26. The molecule has 114 valence electrons. The molecule has 1 aromatic heterocycles. The summed E-state index contributed by atoms with van der Waals surface area (Å²) in [5.74, 6) is 2.79. The second kappa shape index (κ2) is 6.78. The number of ether oxygens (including phenoxy) is 1. The Hall–Kier alpha value is -1.78. The lowest BCUT2D eigenvalue weighted by atomic mass is 10.0.